The summed E-state index contributed by atoms with van der Waals surface area (Å²) in [5, 5.41) is 3.42. The van der Waals surface area contributed by atoms with Gasteiger partial charge in [-0.05, 0) is 85.8 Å². The molecule has 5 rings (SSSR count). The standard InChI is InChI=1S/C14H20N2.C10H13N/c1-2-6-13-12(4-1)5-3-7-14(13)16-10-8-15-9-11-16;11-10-7-3-5-8-4-1-2-6-9(8)10/h3,5,7,15H,1-2,4,6,8-11H2;3,5,7H,1-2,4,6,11H2. The number of nitrogen functional groups attached to an aromatic ring is 1. The Kier molecular flexibility index (Phi) is 5.98. The number of piperazine rings is 1. The van der Waals surface area contributed by atoms with Crippen molar-refractivity contribution in [1.29, 1.82) is 0 Å². The normalized spacial score (nSPS) is 18.7. The molecule has 27 heavy (non-hydrogen) atoms. The number of nitrogens with one attached hydrogen (secondary N) is 1. The predicted molar refractivity (Wildman–Crippen MR) is 116 cm³/mol. The highest BCUT2D eigenvalue weighted by Gasteiger charge is 2.18. The Balaban J connectivity index is 0.000000143. The van der Waals surface area contributed by atoms with E-state index in [4.69, 9.17) is 5.73 Å². The van der Waals surface area contributed by atoms with Gasteiger partial charge in [-0.1, -0.05) is 24.3 Å². The number of hydrogen-bond acceptors (Lipinski definition) is 3. The average Bonchev–Trinajstić information content (AvgIpc) is 2.75. The summed E-state index contributed by atoms with van der Waals surface area (Å²) in [7, 11) is 0. The molecule has 1 fully saturated rings. The Bertz CT molecular complexity index is 762. The van der Waals surface area contributed by atoms with E-state index in [-0.39, 0.29) is 0 Å². The van der Waals surface area contributed by atoms with Crippen LogP contribution in [0.2, 0.25) is 0 Å². The van der Waals surface area contributed by atoms with Gasteiger partial charge in [0.15, 0.2) is 0 Å². The lowest BCUT2D eigenvalue weighted by Crippen LogP contribution is -2.44. The van der Waals surface area contributed by atoms with Gasteiger partial charge in [-0.25, -0.2) is 0 Å². The number of hydrogen-bond donors (Lipinski definition) is 2. The number of aryl methyl sites for hydroxylation is 2. The first-order chi connectivity index (χ1) is 13.3. The molecule has 0 amide bonds. The molecule has 0 radical (unpaired) electrons. The molecule has 0 saturated carbocycles. The van der Waals surface area contributed by atoms with Gasteiger partial charge in [0.2, 0.25) is 0 Å². The van der Waals surface area contributed by atoms with E-state index in [0.717, 1.165) is 31.9 Å². The quantitative estimate of drug-likeness (QED) is 0.749. The lowest BCUT2D eigenvalue weighted by atomic mass is 9.90. The molecule has 3 N–H and O–H groups in total. The number of anilines is 2. The molecule has 0 unspecified atom stereocenters. The van der Waals surface area contributed by atoms with E-state index in [1.54, 1.807) is 11.1 Å². The van der Waals surface area contributed by atoms with Crippen molar-refractivity contribution in [2.24, 2.45) is 0 Å². The lowest BCUT2D eigenvalue weighted by Gasteiger charge is -2.33. The maximum absolute atomic E-state index is 5.84. The number of nitrogens with zero attached hydrogens (tertiary/aromatic N) is 1. The SMILES string of the molecule is Nc1cccc2c1CCCC2.c1cc2c(c(N3CCNCC3)c1)CCCC2. The first kappa shape index (κ1) is 18.4. The molecule has 1 aliphatic heterocycles. The zero-order valence-corrected chi connectivity index (χ0v) is 16.5. The van der Waals surface area contributed by atoms with Crippen molar-refractivity contribution < 1.29 is 0 Å². The molecule has 0 bridgehead atoms. The van der Waals surface area contributed by atoms with Crippen molar-refractivity contribution in [3.63, 3.8) is 0 Å². The van der Waals surface area contributed by atoms with E-state index in [2.05, 4.69) is 40.5 Å². The minimum Gasteiger partial charge on any atom is -0.398 e. The van der Waals surface area contributed by atoms with Gasteiger partial charge in [0.1, 0.15) is 0 Å². The average molecular weight is 364 g/mol. The molecule has 1 heterocycles. The monoisotopic (exact) mass is 363 g/mol. The van der Waals surface area contributed by atoms with Gasteiger partial charge in [-0.3, -0.25) is 0 Å². The van der Waals surface area contributed by atoms with E-state index < -0.39 is 0 Å². The Morgan fingerprint density at radius 2 is 1.30 bits per heavy atom. The van der Waals surface area contributed by atoms with Crippen LogP contribution in [0.1, 0.15) is 47.9 Å². The first-order valence-corrected chi connectivity index (χ1v) is 10.8. The van der Waals surface area contributed by atoms with E-state index in [1.807, 2.05) is 6.07 Å². The fraction of sp³-hybridized carbons (Fsp3) is 0.500. The molecule has 0 aromatic heterocycles. The largest absolute Gasteiger partial charge is 0.398 e. The minimum atomic E-state index is 0.988. The number of nitrogens with two attached hydrogens (primary N) is 1. The van der Waals surface area contributed by atoms with Crippen LogP contribution in [0.4, 0.5) is 11.4 Å². The highest BCUT2D eigenvalue weighted by Crippen LogP contribution is 2.30. The number of benzene rings is 2. The van der Waals surface area contributed by atoms with Crippen LogP contribution in [0.15, 0.2) is 36.4 Å². The van der Waals surface area contributed by atoms with Crippen molar-refractivity contribution in [2.45, 2.75) is 51.4 Å². The molecule has 0 spiro atoms. The fourth-order valence-corrected chi connectivity index (χ4v) is 4.77. The van der Waals surface area contributed by atoms with Crippen LogP contribution >= 0.6 is 0 Å². The third-order valence-electron chi connectivity index (χ3n) is 6.26. The molecule has 2 aromatic carbocycles. The van der Waals surface area contributed by atoms with Crippen molar-refractivity contribution in [2.75, 3.05) is 36.8 Å². The molecule has 3 aliphatic rings. The topological polar surface area (TPSA) is 41.3 Å². The summed E-state index contributed by atoms with van der Waals surface area (Å²) in [6.07, 6.45) is 10.4. The van der Waals surface area contributed by atoms with Crippen LogP contribution in [0, 0.1) is 0 Å². The second kappa shape index (κ2) is 8.79. The first-order valence-electron chi connectivity index (χ1n) is 10.8. The zero-order chi connectivity index (χ0) is 18.5. The number of rotatable bonds is 1. The lowest BCUT2D eigenvalue weighted by molar-refractivity contribution is 0.584. The summed E-state index contributed by atoms with van der Waals surface area (Å²) in [4.78, 5) is 2.56. The maximum atomic E-state index is 5.84. The van der Waals surface area contributed by atoms with Crippen LogP contribution in [0.25, 0.3) is 0 Å². The van der Waals surface area contributed by atoms with Gasteiger partial charge in [-0.2, -0.15) is 0 Å². The third-order valence-corrected chi connectivity index (χ3v) is 6.26. The molecule has 3 nitrogen and oxygen atoms in total. The van der Waals surface area contributed by atoms with Crippen LogP contribution in [-0.4, -0.2) is 26.2 Å². The van der Waals surface area contributed by atoms with Gasteiger partial charge in [0, 0.05) is 37.6 Å². The van der Waals surface area contributed by atoms with E-state index in [1.165, 1.54) is 68.2 Å². The summed E-state index contributed by atoms with van der Waals surface area (Å²) in [5.41, 5.74) is 14.4. The highest BCUT2D eigenvalue weighted by molar-refractivity contribution is 5.58. The predicted octanol–water partition coefficient (Wildman–Crippen LogP) is 4.12. The molecule has 2 aliphatic carbocycles. The smallest absolute Gasteiger partial charge is 0.0402 e. The second-order valence-electron chi connectivity index (χ2n) is 8.05. The Labute approximate surface area is 164 Å². The van der Waals surface area contributed by atoms with Crippen LogP contribution in [0.5, 0.6) is 0 Å². The van der Waals surface area contributed by atoms with Gasteiger partial charge < -0.3 is 16.0 Å². The summed E-state index contributed by atoms with van der Waals surface area (Å²) < 4.78 is 0. The van der Waals surface area contributed by atoms with Crippen molar-refractivity contribution in [3.05, 3.63) is 58.7 Å². The van der Waals surface area contributed by atoms with Gasteiger partial charge in [0.25, 0.3) is 0 Å². The Morgan fingerprint density at radius 3 is 2.00 bits per heavy atom. The minimum absolute atomic E-state index is 0.988. The van der Waals surface area contributed by atoms with Crippen molar-refractivity contribution in [1.82, 2.24) is 5.32 Å². The fourth-order valence-electron chi connectivity index (χ4n) is 4.77. The van der Waals surface area contributed by atoms with E-state index in [0.29, 0.717) is 0 Å². The van der Waals surface area contributed by atoms with Crippen LogP contribution in [-0.2, 0) is 25.7 Å². The zero-order valence-electron chi connectivity index (χ0n) is 16.5. The third kappa shape index (κ3) is 4.30. The maximum Gasteiger partial charge on any atom is 0.0402 e. The van der Waals surface area contributed by atoms with Gasteiger partial charge >= 0.3 is 0 Å². The molecule has 144 valence electrons. The van der Waals surface area contributed by atoms with Gasteiger partial charge in [0.05, 0.1) is 0 Å². The number of fused-ring (bicyclic) bond motifs is 2. The van der Waals surface area contributed by atoms with Gasteiger partial charge in [-0.15, -0.1) is 0 Å². The Morgan fingerprint density at radius 1 is 0.704 bits per heavy atom. The summed E-state index contributed by atoms with van der Waals surface area (Å²) in [5.74, 6) is 0. The van der Waals surface area contributed by atoms with Crippen LogP contribution in [0.3, 0.4) is 0 Å². The molecule has 1 saturated heterocycles. The molecule has 2 aromatic rings. The molecule has 3 heteroatoms. The van der Waals surface area contributed by atoms with E-state index in [9.17, 15) is 0 Å². The summed E-state index contributed by atoms with van der Waals surface area (Å²) in [6, 6.07) is 13.1. The van der Waals surface area contributed by atoms with Crippen molar-refractivity contribution >= 4 is 11.4 Å². The van der Waals surface area contributed by atoms with E-state index >= 15 is 0 Å². The second-order valence-corrected chi connectivity index (χ2v) is 8.05. The highest BCUT2D eigenvalue weighted by atomic mass is 15.2. The van der Waals surface area contributed by atoms with Crippen LogP contribution < -0.4 is 16.0 Å². The molecular formula is C24H33N3. The molecule has 0 atom stereocenters. The molecular weight excluding hydrogens is 330 g/mol. The Hall–Kier alpha value is -2.00. The summed E-state index contributed by atoms with van der Waals surface area (Å²) in [6.45, 7) is 4.58. The summed E-state index contributed by atoms with van der Waals surface area (Å²) >= 11 is 0. The van der Waals surface area contributed by atoms with Crippen molar-refractivity contribution in [3.8, 4) is 0 Å².